The summed E-state index contributed by atoms with van der Waals surface area (Å²) in [6.07, 6.45) is 8.19. The summed E-state index contributed by atoms with van der Waals surface area (Å²) in [5.74, 6) is 1.61. The van der Waals surface area contributed by atoms with E-state index in [0.717, 1.165) is 18.4 Å². The van der Waals surface area contributed by atoms with Crippen molar-refractivity contribution in [3.63, 3.8) is 0 Å². The van der Waals surface area contributed by atoms with Gasteiger partial charge in [0.15, 0.2) is 0 Å². The summed E-state index contributed by atoms with van der Waals surface area (Å²) in [6.45, 7) is 3.59. The molecule has 0 aromatic carbocycles. The van der Waals surface area contributed by atoms with Gasteiger partial charge in [0.25, 0.3) is 0 Å². The quantitative estimate of drug-likeness (QED) is 0.706. The second kappa shape index (κ2) is 4.19. The zero-order valence-electron chi connectivity index (χ0n) is 9.26. The lowest BCUT2D eigenvalue weighted by molar-refractivity contribution is 0.149. The predicted molar refractivity (Wildman–Crippen MR) is 58.2 cm³/mol. The number of nitrogens with one attached hydrogen (secondary N) is 1. The molecule has 2 saturated carbocycles. The van der Waals surface area contributed by atoms with Crippen LogP contribution in [0.5, 0.6) is 0 Å². The second-order valence-corrected chi connectivity index (χ2v) is 5.38. The van der Waals surface area contributed by atoms with E-state index in [1.54, 1.807) is 0 Å². The molecule has 1 atom stereocenters. The van der Waals surface area contributed by atoms with E-state index in [-0.39, 0.29) is 5.54 Å². The average Bonchev–Trinajstić information content (AvgIpc) is 2.94. The molecule has 1 unspecified atom stereocenters. The normalized spacial score (nSPS) is 27.9. The van der Waals surface area contributed by atoms with Crippen molar-refractivity contribution in [2.24, 2.45) is 11.8 Å². The lowest BCUT2D eigenvalue weighted by atomic mass is 9.95. The Morgan fingerprint density at radius 1 is 1.21 bits per heavy atom. The maximum Gasteiger partial charge on any atom is 0.0613 e. The van der Waals surface area contributed by atoms with Gasteiger partial charge in [0.2, 0.25) is 0 Å². The first-order valence-corrected chi connectivity index (χ1v) is 6.10. The van der Waals surface area contributed by atoms with Crippen LogP contribution >= 0.6 is 0 Å². The van der Waals surface area contributed by atoms with Gasteiger partial charge in [0.05, 0.1) is 6.61 Å². The van der Waals surface area contributed by atoms with Crippen LogP contribution in [0.15, 0.2) is 0 Å². The largest absolute Gasteiger partial charge is 0.394 e. The van der Waals surface area contributed by atoms with Crippen molar-refractivity contribution in [3.05, 3.63) is 0 Å². The molecule has 2 aliphatic carbocycles. The Balaban J connectivity index is 1.76. The molecule has 0 heterocycles. The molecule has 0 bridgehead atoms. The molecule has 0 aromatic rings. The molecule has 14 heavy (non-hydrogen) atoms. The highest BCUT2D eigenvalue weighted by molar-refractivity contribution is 4.97. The van der Waals surface area contributed by atoms with Gasteiger partial charge in [-0.2, -0.15) is 0 Å². The fourth-order valence-electron chi connectivity index (χ4n) is 2.64. The van der Waals surface area contributed by atoms with Gasteiger partial charge >= 0.3 is 0 Å². The van der Waals surface area contributed by atoms with Crippen LogP contribution in [0.1, 0.15) is 45.4 Å². The van der Waals surface area contributed by atoms with Crippen LogP contribution in [0.25, 0.3) is 0 Å². The molecule has 2 nitrogen and oxygen atoms in total. The molecular formula is C12H23NO. The SMILES string of the molecule is CC(CO)(NCC1CCCC1)C1CC1. The summed E-state index contributed by atoms with van der Waals surface area (Å²) >= 11 is 0. The van der Waals surface area contributed by atoms with Crippen LogP contribution in [0.2, 0.25) is 0 Å². The second-order valence-electron chi connectivity index (χ2n) is 5.38. The summed E-state index contributed by atoms with van der Waals surface area (Å²) < 4.78 is 0. The number of aliphatic hydroxyl groups is 1. The van der Waals surface area contributed by atoms with E-state index >= 15 is 0 Å². The monoisotopic (exact) mass is 197 g/mol. The summed E-state index contributed by atoms with van der Waals surface area (Å²) in [5, 5.41) is 13.0. The number of aliphatic hydroxyl groups excluding tert-OH is 1. The fraction of sp³-hybridized carbons (Fsp3) is 1.00. The summed E-state index contributed by atoms with van der Waals surface area (Å²) in [4.78, 5) is 0. The van der Waals surface area contributed by atoms with Gasteiger partial charge in [-0.15, -0.1) is 0 Å². The first-order valence-electron chi connectivity index (χ1n) is 6.10. The van der Waals surface area contributed by atoms with Gasteiger partial charge in [0, 0.05) is 5.54 Å². The highest BCUT2D eigenvalue weighted by Gasteiger charge is 2.40. The zero-order chi connectivity index (χ0) is 10.0. The molecule has 2 aliphatic rings. The lowest BCUT2D eigenvalue weighted by Crippen LogP contribution is -2.49. The van der Waals surface area contributed by atoms with Crippen LogP contribution in [-0.2, 0) is 0 Å². The van der Waals surface area contributed by atoms with Crippen LogP contribution in [0, 0.1) is 11.8 Å². The van der Waals surface area contributed by atoms with Crippen molar-refractivity contribution in [1.82, 2.24) is 5.32 Å². The Labute approximate surface area is 87.1 Å². The van der Waals surface area contributed by atoms with Crippen LogP contribution in [0.4, 0.5) is 0 Å². The van der Waals surface area contributed by atoms with E-state index in [2.05, 4.69) is 12.2 Å². The first kappa shape index (κ1) is 10.4. The molecular weight excluding hydrogens is 174 g/mol. The van der Waals surface area contributed by atoms with Crippen molar-refractivity contribution >= 4 is 0 Å². The molecule has 0 saturated heterocycles. The fourth-order valence-corrected chi connectivity index (χ4v) is 2.64. The zero-order valence-corrected chi connectivity index (χ0v) is 9.26. The Bertz CT molecular complexity index is 185. The standard InChI is InChI=1S/C12H23NO/c1-12(9-14,11-6-7-11)13-8-10-4-2-3-5-10/h10-11,13-14H,2-9H2,1H3. The van der Waals surface area contributed by atoms with Gasteiger partial charge in [-0.05, 0) is 51.0 Å². The molecule has 0 amide bonds. The summed E-state index contributed by atoms with van der Waals surface area (Å²) in [5.41, 5.74) is 0.0165. The minimum atomic E-state index is 0.0165. The van der Waals surface area contributed by atoms with E-state index in [1.807, 2.05) is 0 Å². The van der Waals surface area contributed by atoms with Gasteiger partial charge in [0.1, 0.15) is 0 Å². The molecule has 0 spiro atoms. The molecule has 0 aromatic heterocycles. The molecule has 82 valence electrons. The van der Waals surface area contributed by atoms with Crippen molar-refractivity contribution in [2.75, 3.05) is 13.2 Å². The molecule has 2 rings (SSSR count). The van der Waals surface area contributed by atoms with Crippen molar-refractivity contribution in [2.45, 2.75) is 51.0 Å². The van der Waals surface area contributed by atoms with Crippen LogP contribution < -0.4 is 5.32 Å². The van der Waals surface area contributed by atoms with Crippen molar-refractivity contribution in [1.29, 1.82) is 0 Å². The Morgan fingerprint density at radius 3 is 2.36 bits per heavy atom. The van der Waals surface area contributed by atoms with Crippen LogP contribution in [-0.4, -0.2) is 23.8 Å². The maximum absolute atomic E-state index is 9.41. The lowest BCUT2D eigenvalue weighted by Gasteiger charge is -2.30. The smallest absolute Gasteiger partial charge is 0.0613 e. The van der Waals surface area contributed by atoms with E-state index in [4.69, 9.17) is 0 Å². The molecule has 2 N–H and O–H groups in total. The van der Waals surface area contributed by atoms with E-state index in [9.17, 15) is 5.11 Å². The minimum Gasteiger partial charge on any atom is -0.394 e. The molecule has 2 fully saturated rings. The Hall–Kier alpha value is -0.0800. The van der Waals surface area contributed by atoms with Crippen molar-refractivity contribution < 1.29 is 5.11 Å². The Kier molecular flexibility index (Phi) is 3.13. The predicted octanol–water partition coefficient (Wildman–Crippen LogP) is 1.93. The Morgan fingerprint density at radius 2 is 1.86 bits per heavy atom. The first-order chi connectivity index (χ1) is 6.74. The topological polar surface area (TPSA) is 32.3 Å². The highest BCUT2D eigenvalue weighted by Crippen LogP contribution is 2.39. The maximum atomic E-state index is 9.41. The molecule has 0 aliphatic heterocycles. The summed E-state index contributed by atoms with van der Waals surface area (Å²) in [7, 11) is 0. The average molecular weight is 197 g/mol. The minimum absolute atomic E-state index is 0.0165. The van der Waals surface area contributed by atoms with Gasteiger partial charge < -0.3 is 10.4 Å². The highest BCUT2D eigenvalue weighted by atomic mass is 16.3. The number of hydrogen-bond donors (Lipinski definition) is 2. The molecule has 2 heteroatoms. The third-order valence-corrected chi connectivity index (χ3v) is 4.08. The van der Waals surface area contributed by atoms with E-state index in [0.29, 0.717) is 6.61 Å². The number of hydrogen-bond acceptors (Lipinski definition) is 2. The van der Waals surface area contributed by atoms with Crippen LogP contribution in [0.3, 0.4) is 0 Å². The van der Waals surface area contributed by atoms with Gasteiger partial charge in [-0.25, -0.2) is 0 Å². The third kappa shape index (κ3) is 2.29. The number of rotatable bonds is 5. The van der Waals surface area contributed by atoms with Crippen molar-refractivity contribution in [3.8, 4) is 0 Å². The van der Waals surface area contributed by atoms with E-state index < -0.39 is 0 Å². The summed E-state index contributed by atoms with van der Waals surface area (Å²) in [6, 6.07) is 0. The van der Waals surface area contributed by atoms with Gasteiger partial charge in [-0.1, -0.05) is 12.8 Å². The third-order valence-electron chi connectivity index (χ3n) is 4.08. The van der Waals surface area contributed by atoms with E-state index in [1.165, 1.54) is 38.5 Å². The molecule has 0 radical (unpaired) electrons. The van der Waals surface area contributed by atoms with Gasteiger partial charge in [-0.3, -0.25) is 0 Å².